The van der Waals surface area contributed by atoms with Crippen LogP contribution in [0.4, 0.5) is 0 Å². The molecule has 31 heavy (non-hydrogen) atoms. The van der Waals surface area contributed by atoms with Gasteiger partial charge in [-0.05, 0) is 37.5 Å². The minimum absolute atomic E-state index is 0.545. The predicted octanol–water partition coefficient (Wildman–Crippen LogP) is 2.03. The molecule has 1 aromatic carbocycles. The second kappa shape index (κ2) is 11.8. The van der Waals surface area contributed by atoms with E-state index in [2.05, 4.69) is 38.1 Å². The number of hydrogen-bond donors (Lipinski definition) is 2. The fourth-order valence-corrected chi connectivity index (χ4v) is 3.07. The Morgan fingerprint density at radius 2 is 1.97 bits per heavy atom. The lowest BCUT2D eigenvalue weighted by Gasteiger charge is -2.14. The molecule has 0 amide bonds. The third-order valence-corrected chi connectivity index (χ3v) is 4.98. The molecule has 2 aromatic heterocycles. The quantitative estimate of drug-likeness (QED) is 0.278. The largest absolute Gasteiger partial charge is 0.382 e. The van der Waals surface area contributed by atoms with Gasteiger partial charge < -0.3 is 19.9 Å². The number of benzene rings is 1. The average Bonchev–Trinajstić information content (AvgIpc) is 3.40. The number of nitrogens with one attached hydrogen (secondary N) is 2. The van der Waals surface area contributed by atoms with E-state index >= 15 is 0 Å². The standard InChI is InChI=1S/C22H32N8O/c1-4-31-14-8-11-23-22(25-16-21-28-27-18(2)29(21)3)24-15-19-9-5-6-10-20(19)17-30-13-7-12-26-30/h5-7,9-10,12-13H,4,8,11,14-17H2,1-3H3,(H2,23,24,25). The first-order valence-electron chi connectivity index (χ1n) is 10.7. The highest BCUT2D eigenvalue weighted by atomic mass is 16.5. The molecule has 0 aliphatic carbocycles. The Bertz CT molecular complexity index is 948. The lowest BCUT2D eigenvalue weighted by molar-refractivity contribution is 0.145. The predicted molar refractivity (Wildman–Crippen MR) is 121 cm³/mol. The zero-order valence-corrected chi connectivity index (χ0v) is 18.6. The highest BCUT2D eigenvalue weighted by molar-refractivity contribution is 5.79. The first-order valence-corrected chi connectivity index (χ1v) is 10.7. The molecule has 0 saturated carbocycles. The molecule has 166 valence electrons. The highest BCUT2D eigenvalue weighted by Gasteiger charge is 2.07. The van der Waals surface area contributed by atoms with E-state index in [4.69, 9.17) is 9.73 Å². The number of aryl methyl sites for hydroxylation is 1. The summed E-state index contributed by atoms with van der Waals surface area (Å²) in [4.78, 5) is 4.82. The zero-order chi connectivity index (χ0) is 21.9. The van der Waals surface area contributed by atoms with E-state index in [1.165, 1.54) is 11.1 Å². The first-order chi connectivity index (χ1) is 15.2. The van der Waals surface area contributed by atoms with Crippen molar-refractivity contribution in [3.63, 3.8) is 0 Å². The molecule has 0 fully saturated rings. The van der Waals surface area contributed by atoms with Crippen molar-refractivity contribution < 1.29 is 4.74 Å². The lowest BCUT2D eigenvalue weighted by atomic mass is 10.1. The van der Waals surface area contributed by atoms with Crippen molar-refractivity contribution in [1.29, 1.82) is 0 Å². The highest BCUT2D eigenvalue weighted by Crippen LogP contribution is 2.11. The Kier molecular flexibility index (Phi) is 8.59. The Morgan fingerprint density at radius 3 is 2.68 bits per heavy atom. The Balaban J connectivity index is 1.66. The van der Waals surface area contributed by atoms with Gasteiger partial charge in [0.25, 0.3) is 0 Å². The van der Waals surface area contributed by atoms with Gasteiger partial charge in [0.15, 0.2) is 11.8 Å². The summed E-state index contributed by atoms with van der Waals surface area (Å²) in [6, 6.07) is 10.3. The number of hydrogen-bond acceptors (Lipinski definition) is 5. The first kappa shape index (κ1) is 22.5. The lowest BCUT2D eigenvalue weighted by Crippen LogP contribution is -2.38. The van der Waals surface area contributed by atoms with Crippen molar-refractivity contribution in [3.05, 3.63) is 65.5 Å². The van der Waals surface area contributed by atoms with Crippen LogP contribution in [0.25, 0.3) is 0 Å². The maximum absolute atomic E-state index is 5.43. The van der Waals surface area contributed by atoms with Crippen molar-refractivity contribution in [1.82, 2.24) is 35.2 Å². The summed E-state index contributed by atoms with van der Waals surface area (Å²) < 4.78 is 9.32. The van der Waals surface area contributed by atoms with Gasteiger partial charge in [0.1, 0.15) is 5.82 Å². The molecule has 2 heterocycles. The van der Waals surface area contributed by atoms with Gasteiger partial charge >= 0.3 is 0 Å². The normalized spacial score (nSPS) is 11.6. The van der Waals surface area contributed by atoms with Crippen LogP contribution in [0.1, 0.15) is 36.1 Å². The Hall–Kier alpha value is -3.20. The summed E-state index contributed by atoms with van der Waals surface area (Å²) in [7, 11) is 1.96. The molecule has 0 aliphatic rings. The SMILES string of the molecule is CCOCCCNC(=NCc1ccccc1Cn1cccn1)NCc1nnc(C)n1C. The third-order valence-electron chi connectivity index (χ3n) is 4.98. The van der Waals surface area contributed by atoms with Crippen LogP contribution >= 0.6 is 0 Å². The summed E-state index contributed by atoms with van der Waals surface area (Å²) in [5.74, 6) is 2.49. The van der Waals surface area contributed by atoms with Crippen molar-refractivity contribution in [3.8, 4) is 0 Å². The molecule has 0 unspecified atom stereocenters. The van der Waals surface area contributed by atoms with Crippen molar-refractivity contribution in [2.45, 2.75) is 39.9 Å². The summed E-state index contributed by atoms with van der Waals surface area (Å²) in [5.41, 5.74) is 2.37. The van der Waals surface area contributed by atoms with E-state index in [9.17, 15) is 0 Å². The molecule has 0 bridgehead atoms. The minimum atomic E-state index is 0.545. The van der Waals surface area contributed by atoms with E-state index < -0.39 is 0 Å². The fraction of sp³-hybridized carbons (Fsp3) is 0.455. The van der Waals surface area contributed by atoms with E-state index in [-0.39, 0.29) is 0 Å². The number of rotatable bonds is 11. The second-order valence-electron chi connectivity index (χ2n) is 7.19. The molecular weight excluding hydrogens is 392 g/mol. The van der Waals surface area contributed by atoms with E-state index in [0.717, 1.165) is 50.3 Å². The summed E-state index contributed by atoms with van der Waals surface area (Å²) in [6.07, 6.45) is 4.67. The van der Waals surface area contributed by atoms with Crippen LogP contribution in [0.15, 0.2) is 47.7 Å². The average molecular weight is 425 g/mol. The molecule has 9 nitrogen and oxygen atoms in total. The maximum Gasteiger partial charge on any atom is 0.191 e. The summed E-state index contributed by atoms with van der Waals surface area (Å²) in [5, 5.41) is 19.4. The smallest absolute Gasteiger partial charge is 0.191 e. The van der Waals surface area contributed by atoms with Gasteiger partial charge in [0.05, 0.1) is 19.6 Å². The van der Waals surface area contributed by atoms with Crippen LogP contribution in [-0.2, 0) is 31.4 Å². The van der Waals surface area contributed by atoms with Crippen LogP contribution < -0.4 is 10.6 Å². The van der Waals surface area contributed by atoms with Crippen LogP contribution in [0, 0.1) is 6.92 Å². The molecule has 3 aromatic rings. The van der Waals surface area contributed by atoms with Gasteiger partial charge in [0, 0.05) is 39.2 Å². The third kappa shape index (κ3) is 6.92. The van der Waals surface area contributed by atoms with Crippen LogP contribution in [0.5, 0.6) is 0 Å². The molecule has 0 radical (unpaired) electrons. The number of aromatic nitrogens is 5. The summed E-state index contributed by atoms with van der Waals surface area (Å²) >= 11 is 0. The topological polar surface area (TPSA) is 94.2 Å². The molecule has 0 aliphatic heterocycles. The molecule has 0 spiro atoms. The molecular formula is C22H32N8O. The van der Waals surface area contributed by atoms with Gasteiger partial charge in [-0.25, -0.2) is 4.99 Å². The van der Waals surface area contributed by atoms with Crippen molar-refractivity contribution >= 4 is 5.96 Å². The Morgan fingerprint density at radius 1 is 1.13 bits per heavy atom. The Labute approximate surface area is 183 Å². The van der Waals surface area contributed by atoms with E-state index in [1.807, 2.05) is 54.5 Å². The van der Waals surface area contributed by atoms with Crippen molar-refractivity contribution in [2.75, 3.05) is 19.8 Å². The van der Waals surface area contributed by atoms with Gasteiger partial charge in [-0.2, -0.15) is 5.10 Å². The van der Waals surface area contributed by atoms with Gasteiger partial charge in [-0.15, -0.1) is 10.2 Å². The molecule has 2 N–H and O–H groups in total. The second-order valence-corrected chi connectivity index (χ2v) is 7.19. The number of ether oxygens (including phenoxy) is 1. The maximum atomic E-state index is 5.43. The number of guanidine groups is 1. The monoisotopic (exact) mass is 424 g/mol. The van der Waals surface area contributed by atoms with Crippen LogP contribution in [0.2, 0.25) is 0 Å². The summed E-state index contributed by atoms with van der Waals surface area (Å²) in [6.45, 7) is 8.02. The molecule has 9 heteroatoms. The number of nitrogens with zero attached hydrogens (tertiary/aromatic N) is 6. The fourth-order valence-electron chi connectivity index (χ4n) is 3.07. The zero-order valence-electron chi connectivity index (χ0n) is 18.6. The van der Waals surface area contributed by atoms with Crippen LogP contribution in [-0.4, -0.2) is 50.3 Å². The van der Waals surface area contributed by atoms with Gasteiger partial charge in [-0.3, -0.25) is 4.68 Å². The van der Waals surface area contributed by atoms with Crippen LogP contribution in [0.3, 0.4) is 0 Å². The molecule has 0 atom stereocenters. The van der Waals surface area contributed by atoms with Gasteiger partial charge in [0.2, 0.25) is 0 Å². The molecule has 3 rings (SSSR count). The van der Waals surface area contributed by atoms with E-state index in [0.29, 0.717) is 13.1 Å². The number of aliphatic imine (C=N–C) groups is 1. The minimum Gasteiger partial charge on any atom is -0.382 e. The van der Waals surface area contributed by atoms with E-state index in [1.54, 1.807) is 6.20 Å². The molecule has 0 saturated heterocycles. The van der Waals surface area contributed by atoms with Crippen molar-refractivity contribution in [2.24, 2.45) is 12.0 Å². The van der Waals surface area contributed by atoms with Gasteiger partial charge in [-0.1, -0.05) is 24.3 Å².